The normalized spacial score (nSPS) is 11.3. The van der Waals surface area contributed by atoms with Crippen molar-refractivity contribution in [2.24, 2.45) is 5.16 Å². The van der Waals surface area contributed by atoms with Crippen LogP contribution in [0.25, 0.3) is 16.9 Å². The van der Waals surface area contributed by atoms with Crippen LogP contribution < -0.4 is 4.74 Å². The van der Waals surface area contributed by atoms with Gasteiger partial charge in [0, 0.05) is 16.9 Å². The maximum Gasteiger partial charge on any atom is 0.347 e. The molecule has 7 heteroatoms. The Morgan fingerprint density at radius 3 is 2.39 bits per heavy atom. The van der Waals surface area contributed by atoms with Gasteiger partial charge in [0.05, 0.1) is 25.1 Å². The van der Waals surface area contributed by atoms with Crippen molar-refractivity contribution < 1.29 is 23.5 Å². The number of halogens is 1. The van der Waals surface area contributed by atoms with Crippen molar-refractivity contribution in [3.05, 3.63) is 71.7 Å². The molecule has 0 saturated heterocycles. The van der Waals surface area contributed by atoms with E-state index in [2.05, 4.69) is 5.16 Å². The van der Waals surface area contributed by atoms with Crippen LogP contribution in [-0.4, -0.2) is 36.6 Å². The molecule has 0 spiro atoms. The first-order valence-corrected chi connectivity index (χ1v) is 9.89. The molecule has 162 valence electrons. The third-order valence-electron chi connectivity index (χ3n) is 4.80. The number of methoxy groups -OCH3 is 1. The zero-order valence-electron chi connectivity index (χ0n) is 18.0. The summed E-state index contributed by atoms with van der Waals surface area (Å²) in [6.07, 6.45) is 0. The van der Waals surface area contributed by atoms with Gasteiger partial charge in [0.1, 0.15) is 11.6 Å². The first kappa shape index (κ1) is 22.1. The second-order valence-corrected chi connectivity index (χ2v) is 6.82. The molecule has 1 heterocycles. The molecule has 1 aromatic heterocycles. The molecule has 0 aliphatic carbocycles. The van der Waals surface area contributed by atoms with Crippen LogP contribution in [0.2, 0.25) is 0 Å². The van der Waals surface area contributed by atoms with Crippen LogP contribution in [-0.2, 0) is 14.4 Å². The van der Waals surface area contributed by atoms with Gasteiger partial charge in [-0.3, -0.25) is 0 Å². The third kappa shape index (κ3) is 5.12. The summed E-state index contributed by atoms with van der Waals surface area (Å²) in [7, 11) is 1.62. The van der Waals surface area contributed by atoms with E-state index in [1.54, 1.807) is 33.1 Å². The van der Waals surface area contributed by atoms with Crippen LogP contribution in [0.15, 0.2) is 59.8 Å². The number of oxime groups is 1. The molecule has 0 unspecified atom stereocenters. The van der Waals surface area contributed by atoms with Crippen LogP contribution in [0.4, 0.5) is 4.39 Å². The quantitative estimate of drug-likeness (QED) is 0.293. The minimum Gasteiger partial charge on any atom is -0.497 e. The average Bonchev–Trinajstić information content (AvgIpc) is 3.11. The molecule has 2 aromatic carbocycles. The lowest BCUT2D eigenvalue weighted by molar-refractivity contribution is -0.148. The van der Waals surface area contributed by atoms with Gasteiger partial charge in [-0.2, -0.15) is 0 Å². The molecule has 0 atom stereocenters. The largest absolute Gasteiger partial charge is 0.497 e. The van der Waals surface area contributed by atoms with Crippen molar-refractivity contribution in [1.29, 1.82) is 0 Å². The number of benzene rings is 2. The standard InChI is InChI=1S/C24H25FN2O4/c1-5-30-24(28)15-31-26-16(2)22-14-23(18-6-12-21(29-4)13-7-18)27(17(22)3)20-10-8-19(25)9-11-20/h6-14H,5,15H2,1-4H3. The van der Waals surface area contributed by atoms with E-state index >= 15 is 0 Å². The van der Waals surface area contributed by atoms with Gasteiger partial charge in [0.2, 0.25) is 6.61 Å². The fourth-order valence-electron chi connectivity index (χ4n) is 3.30. The van der Waals surface area contributed by atoms with Gasteiger partial charge in [-0.15, -0.1) is 0 Å². The summed E-state index contributed by atoms with van der Waals surface area (Å²) < 4.78 is 25.6. The molecule has 6 nitrogen and oxygen atoms in total. The predicted molar refractivity (Wildman–Crippen MR) is 117 cm³/mol. The molecule has 3 rings (SSSR count). The highest BCUT2D eigenvalue weighted by Crippen LogP contribution is 2.31. The van der Waals surface area contributed by atoms with Crippen molar-refractivity contribution in [2.45, 2.75) is 20.8 Å². The summed E-state index contributed by atoms with van der Waals surface area (Å²) in [6.45, 7) is 5.52. The summed E-state index contributed by atoms with van der Waals surface area (Å²) in [5, 5.41) is 4.08. The number of nitrogens with zero attached hydrogens (tertiary/aromatic N) is 2. The number of hydrogen-bond donors (Lipinski definition) is 0. The smallest absolute Gasteiger partial charge is 0.347 e. The average molecular weight is 424 g/mol. The molecule has 0 aliphatic heterocycles. The molecule has 0 saturated carbocycles. The number of ether oxygens (including phenoxy) is 2. The molecule has 0 N–H and O–H groups in total. The lowest BCUT2D eigenvalue weighted by Gasteiger charge is -2.13. The van der Waals surface area contributed by atoms with Crippen LogP contribution in [0.1, 0.15) is 25.1 Å². The van der Waals surface area contributed by atoms with E-state index in [1.165, 1.54) is 12.1 Å². The molecule has 3 aromatic rings. The molecule has 0 radical (unpaired) electrons. The summed E-state index contributed by atoms with van der Waals surface area (Å²) >= 11 is 0. The zero-order valence-corrected chi connectivity index (χ0v) is 18.0. The Balaban J connectivity index is 2.02. The van der Waals surface area contributed by atoms with Gasteiger partial charge in [0.25, 0.3) is 0 Å². The fraction of sp³-hybridized carbons (Fsp3) is 0.250. The number of aromatic nitrogens is 1. The van der Waals surface area contributed by atoms with Crippen LogP contribution >= 0.6 is 0 Å². The Morgan fingerprint density at radius 1 is 1.10 bits per heavy atom. The highest BCUT2D eigenvalue weighted by atomic mass is 19.1. The molecular weight excluding hydrogens is 399 g/mol. The lowest BCUT2D eigenvalue weighted by Crippen LogP contribution is -2.11. The molecule has 31 heavy (non-hydrogen) atoms. The Morgan fingerprint density at radius 2 is 1.77 bits per heavy atom. The maximum absolute atomic E-state index is 13.5. The topological polar surface area (TPSA) is 62.1 Å². The molecule has 0 amide bonds. The van der Waals surface area contributed by atoms with E-state index in [4.69, 9.17) is 14.3 Å². The van der Waals surface area contributed by atoms with E-state index in [0.717, 1.165) is 34.0 Å². The Kier molecular flexibility index (Phi) is 7.07. The lowest BCUT2D eigenvalue weighted by atomic mass is 10.1. The van der Waals surface area contributed by atoms with Crippen molar-refractivity contribution in [3.63, 3.8) is 0 Å². The van der Waals surface area contributed by atoms with E-state index in [-0.39, 0.29) is 19.0 Å². The van der Waals surface area contributed by atoms with Crippen LogP contribution in [0.3, 0.4) is 0 Å². The van der Waals surface area contributed by atoms with E-state index in [0.29, 0.717) is 5.71 Å². The predicted octanol–water partition coefficient (Wildman–Crippen LogP) is 4.90. The molecule has 0 bridgehead atoms. The summed E-state index contributed by atoms with van der Waals surface area (Å²) in [5.74, 6) is -0.0193. The second-order valence-electron chi connectivity index (χ2n) is 6.82. The van der Waals surface area contributed by atoms with Crippen molar-refractivity contribution >= 4 is 11.7 Å². The Bertz CT molecular complexity index is 1070. The van der Waals surface area contributed by atoms with Crippen molar-refractivity contribution in [2.75, 3.05) is 20.3 Å². The minimum absolute atomic E-state index is 0.256. The summed E-state index contributed by atoms with van der Waals surface area (Å²) in [4.78, 5) is 16.6. The minimum atomic E-state index is -0.474. The highest BCUT2D eigenvalue weighted by molar-refractivity contribution is 6.01. The monoisotopic (exact) mass is 424 g/mol. The van der Waals surface area contributed by atoms with Gasteiger partial charge in [-0.25, -0.2) is 9.18 Å². The number of hydrogen-bond acceptors (Lipinski definition) is 5. The van der Waals surface area contributed by atoms with E-state index in [1.807, 2.05) is 41.8 Å². The van der Waals surface area contributed by atoms with Gasteiger partial charge >= 0.3 is 5.97 Å². The fourth-order valence-corrected chi connectivity index (χ4v) is 3.30. The number of carbonyl (C=O) groups excluding carboxylic acids is 1. The zero-order chi connectivity index (χ0) is 22.4. The Labute approximate surface area is 180 Å². The van der Waals surface area contributed by atoms with Crippen molar-refractivity contribution in [3.8, 4) is 22.7 Å². The van der Waals surface area contributed by atoms with Gasteiger partial charge < -0.3 is 18.9 Å². The van der Waals surface area contributed by atoms with Gasteiger partial charge in [0.15, 0.2) is 0 Å². The first-order valence-electron chi connectivity index (χ1n) is 9.89. The molecule has 0 fully saturated rings. The SMILES string of the molecule is CCOC(=O)CON=C(C)c1cc(-c2ccc(OC)cc2)n(-c2ccc(F)cc2)c1C. The summed E-state index contributed by atoms with van der Waals surface area (Å²) in [5.41, 5.74) is 5.03. The van der Waals surface area contributed by atoms with Crippen molar-refractivity contribution in [1.82, 2.24) is 4.57 Å². The Hall–Kier alpha value is -3.61. The first-order chi connectivity index (χ1) is 14.9. The maximum atomic E-state index is 13.5. The molecular formula is C24H25FN2O4. The van der Waals surface area contributed by atoms with E-state index < -0.39 is 5.97 Å². The van der Waals surface area contributed by atoms with Crippen LogP contribution in [0, 0.1) is 12.7 Å². The van der Waals surface area contributed by atoms with E-state index in [9.17, 15) is 9.18 Å². The molecule has 0 aliphatic rings. The number of esters is 1. The summed E-state index contributed by atoms with van der Waals surface area (Å²) in [6, 6.07) is 16.0. The number of carbonyl (C=O) groups is 1. The number of rotatable bonds is 8. The second kappa shape index (κ2) is 9.93. The van der Waals surface area contributed by atoms with Gasteiger partial charge in [-0.05, 0) is 80.9 Å². The third-order valence-corrected chi connectivity index (χ3v) is 4.80. The van der Waals surface area contributed by atoms with Gasteiger partial charge in [-0.1, -0.05) is 5.16 Å². The highest BCUT2D eigenvalue weighted by Gasteiger charge is 2.17. The van der Waals surface area contributed by atoms with Crippen LogP contribution in [0.5, 0.6) is 5.75 Å².